The van der Waals surface area contributed by atoms with Gasteiger partial charge in [0.05, 0.1) is 6.20 Å². The van der Waals surface area contributed by atoms with Crippen molar-refractivity contribution < 1.29 is 14.7 Å². The van der Waals surface area contributed by atoms with E-state index < -0.39 is 5.97 Å². The lowest BCUT2D eigenvalue weighted by Gasteiger charge is -2.20. The first-order chi connectivity index (χ1) is 8.99. The molecule has 2 amide bonds. The molecule has 2 N–H and O–H groups in total. The fourth-order valence-corrected chi connectivity index (χ4v) is 1.89. The molecule has 2 rings (SSSR count). The van der Waals surface area contributed by atoms with Crippen LogP contribution in [-0.2, 0) is 18.4 Å². The molecule has 1 fully saturated rings. The van der Waals surface area contributed by atoms with Gasteiger partial charge in [0.2, 0.25) is 0 Å². The average molecular weight is 266 g/mol. The zero-order valence-corrected chi connectivity index (χ0v) is 11.1. The number of aliphatic carboxylic acids is 1. The lowest BCUT2D eigenvalue weighted by atomic mass is 10.2. The van der Waals surface area contributed by atoms with Gasteiger partial charge in [0, 0.05) is 30.9 Å². The maximum absolute atomic E-state index is 12.0. The normalized spacial score (nSPS) is 14.2. The average Bonchev–Trinajstić information content (AvgIpc) is 3.14. The number of carboxylic acid groups (broad SMARTS) is 1. The van der Waals surface area contributed by atoms with Crippen molar-refractivity contribution in [3.05, 3.63) is 17.5 Å². The van der Waals surface area contributed by atoms with Crippen molar-refractivity contribution in [2.24, 2.45) is 7.05 Å². The minimum absolute atomic E-state index is 0.0751. The molecule has 1 aromatic heterocycles. The molecule has 0 saturated heterocycles. The summed E-state index contributed by atoms with van der Waals surface area (Å²) in [5.74, 6) is -0.986. The van der Waals surface area contributed by atoms with Crippen LogP contribution < -0.4 is 5.32 Å². The molecule has 19 heavy (non-hydrogen) atoms. The molecule has 0 aliphatic heterocycles. The van der Waals surface area contributed by atoms with Crippen LogP contribution in [0.15, 0.2) is 6.20 Å². The van der Waals surface area contributed by atoms with E-state index >= 15 is 0 Å². The first kappa shape index (κ1) is 13.4. The number of nitrogens with one attached hydrogen (secondary N) is 1. The van der Waals surface area contributed by atoms with Gasteiger partial charge in [0.15, 0.2) is 0 Å². The van der Waals surface area contributed by atoms with Gasteiger partial charge in [-0.25, -0.2) is 4.79 Å². The zero-order valence-electron chi connectivity index (χ0n) is 11.1. The minimum atomic E-state index is -0.986. The van der Waals surface area contributed by atoms with Gasteiger partial charge in [-0.05, 0) is 19.8 Å². The molecule has 0 radical (unpaired) electrons. The predicted octanol–water partition coefficient (Wildman–Crippen LogP) is 0.487. The summed E-state index contributed by atoms with van der Waals surface area (Å²) in [6.07, 6.45) is 3.47. The van der Waals surface area contributed by atoms with Crippen LogP contribution in [0.1, 0.15) is 24.1 Å². The summed E-state index contributed by atoms with van der Waals surface area (Å²) in [4.78, 5) is 24.1. The number of urea groups is 1. The quantitative estimate of drug-likeness (QED) is 0.811. The van der Waals surface area contributed by atoms with E-state index in [9.17, 15) is 9.59 Å². The lowest BCUT2D eigenvalue weighted by Crippen LogP contribution is -2.43. The molecule has 7 nitrogen and oxygen atoms in total. The van der Waals surface area contributed by atoms with E-state index in [1.165, 1.54) is 4.90 Å². The van der Waals surface area contributed by atoms with Crippen LogP contribution in [0, 0.1) is 6.92 Å². The van der Waals surface area contributed by atoms with E-state index in [-0.39, 0.29) is 18.6 Å². The highest BCUT2D eigenvalue weighted by Crippen LogP contribution is 2.26. The highest BCUT2D eigenvalue weighted by atomic mass is 16.4. The Morgan fingerprint density at radius 3 is 2.74 bits per heavy atom. The molecule has 7 heteroatoms. The summed E-state index contributed by atoms with van der Waals surface area (Å²) in [5.41, 5.74) is 1.92. The van der Waals surface area contributed by atoms with E-state index in [2.05, 4.69) is 10.4 Å². The highest BCUT2D eigenvalue weighted by Gasteiger charge is 2.33. The molecule has 0 bridgehead atoms. The van der Waals surface area contributed by atoms with Crippen LogP contribution in [0.2, 0.25) is 0 Å². The van der Waals surface area contributed by atoms with Gasteiger partial charge in [-0.1, -0.05) is 0 Å². The second-order valence-corrected chi connectivity index (χ2v) is 4.79. The summed E-state index contributed by atoms with van der Waals surface area (Å²) in [6, 6.07) is -0.251. The first-order valence-electron chi connectivity index (χ1n) is 6.22. The van der Waals surface area contributed by atoms with Crippen molar-refractivity contribution in [3.63, 3.8) is 0 Å². The van der Waals surface area contributed by atoms with Crippen molar-refractivity contribution in [1.29, 1.82) is 0 Å². The molecule has 0 spiro atoms. The molecule has 0 atom stereocenters. The standard InChI is InChI=1S/C12H18N4O3/c1-8-9(6-14-15(8)2)5-13-12(19)16(7-11(17)18)10-3-4-10/h6,10H,3-5,7H2,1-2H3,(H,13,19)(H,17,18). The summed E-state index contributed by atoms with van der Waals surface area (Å²) in [7, 11) is 1.83. The van der Waals surface area contributed by atoms with Crippen LogP contribution in [0.4, 0.5) is 4.79 Å². The topological polar surface area (TPSA) is 87.5 Å². The number of hydrogen-bond acceptors (Lipinski definition) is 3. The Balaban J connectivity index is 1.92. The fourth-order valence-electron chi connectivity index (χ4n) is 1.89. The van der Waals surface area contributed by atoms with E-state index in [1.54, 1.807) is 10.9 Å². The van der Waals surface area contributed by atoms with E-state index in [1.807, 2.05) is 14.0 Å². The predicted molar refractivity (Wildman–Crippen MR) is 67.5 cm³/mol. The van der Waals surface area contributed by atoms with E-state index in [0.29, 0.717) is 6.54 Å². The number of carbonyl (C=O) groups is 2. The number of rotatable bonds is 5. The molecule has 1 aromatic rings. The first-order valence-corrected chi connectivity index (χ1v) is 6.22. The van der Waals surface area contributed by atoms with Crippen molar-refractivity contribution in [3.8, 4) is 0 Å². The number of aromatic nitrogens is 2. The highest BCUT2D eigenvalue weighted by molar-refractivity contribution is 5.80. The Morgan fingerprint density at radius 1 is 1.58 bits per heavy atom. The monoisotopic (exact) mass is 266 g/mol. The van der Waals surface area contributed by atoms with Crippen LogP contribution in [-0.4, -0.2) is 44.4 Å². The number of carboxylic acids is 1. The summed E-state index contributed by atoms with van der Waals surface area (Å²) < 4.78 is 1.73. The second-order valence-electron chi connectivity index (χ2n) is 4.79. The Hall–Kier alpha value is -2.05. The SMILES string of the molecule is Cc1c(CNC(=O)N(CC(=O)O)C2CC2)cnn1C. The summed E-state index contributed by atoms with van der Waals surface area (Å²) >= 11 is 0. The summed E-state index contributed by atoms with van der Waals surface area (Å²) in [6.45, 7) is 2.04. The Morgan fingerprint density at radius 2 is 2.26 bits per heavy atom. The Labute approximate surface area is 111 Å². The number of nitrogens with zero attached hydrogens (tertiary/aromatic N) is 3. The smallest absolute Gasteiger partial charge is 0.323 e. The number of carbonyl (C=O) groups excluding carboxylic acids is 1. The number of aryl methyl sites for hydroxylation is 1. The number of amides is 2. The molecule has 0 aromatic carbocycles. The van der Waals surface area contributed by atoms with Crippen LogP contribution >= 0.6 is 0 Å². The molecule has 1 aliphatic rings. The van der Waals surface area contributed by atoms with E-state index in [0.717, 1.165) is 24.1 Å². The van der Waals surface area contributed by atoms with Gasteiger partial charge in [-0.2, -0.15) is 5.10 Å². The molecule has 0 unspecified atom stereocenters. The third-order valence-corrected chi connectivity index (χ3v) is 3.32. The van der Waals surface area contributed by atoms with Gasteiger partial charge in [-0.3, -0.25) is 9.48 Å². The third kappa shape index (κ3) is 3.24. The Kier molecular flexibility index (Phi) is 3.73. The van der Waals surface area contributed by atoms with Crippen molar-refractivity contribution in [2.45, 2.75) is 32.4 Å². The molecular weight excluding hydrogens is 248 g/mol. The molecule has 1 heterocycles. The van der Waals surface area contributed by atoms with Gasteiger partial charge in [-0.15, -0.1) is 0 Å². The minimum Gasteiger partial charge on any atom is -0.480 e. The van der Waals surface area contributed by atoms with Crippen molar-refractivity contribution >= 4 is 12.0 Å². The van der Waals surface area contributed by atoms with E-state index in [4.69, 9.17) is 5.11 Å². The summed E-state index contributed by atoms with van der Waals surface area (Å²) in [5, 5.41) is 15.6. The largest absolute Gasteiger partial charge is 0.480 e. The van der Waals surface area contributed by atoms with Crippen LogP contribution in [0.25, 0.3) is 0 Å². The van der Waals surface area contributed by atoms with Crippen LogP contribution in [0.3, 0.4) is 0 Å². The molecular formula is C12H18N4O3. The molecule has 1 saturated carbocycles. The number of hydrogen-bond donors (Lipinski definition) is 2. The Bertz CT molecular complexity index is 493. The van der Waals surface area contributed by atoms with Gasteiger partial charge in [0.1, 0.15) is 6.54 Å². The van der Waals surface area contributed by atoms with Crippen molar-refractivity contribution in [1.82, 2.24) is 20.0 Å². The maximum atomic E-state index is 12.0. The second kappa shape index (κ2) is 5.29. The molecule has 104 valence electrons. The van der Waals surface area contributed by atoms with Crippen LogP contribution in [0.5, 0.6) is 0 Å². The van der Waals surface area contributed by atoms with Crippen molar-refractivity contribution in [2.75, 3.05) is 6.54 Å². The third-order valence-electron chi connectivity index (χ3n) is 3.32. The van der Waals surface area contributed by atoms with Gasteiger partial charge in [0.25, 0.3) is 0 Å². The fraction of sp³-hybridized carbons (Fsp3) is 0.583. The zero-order chi connectivity index (χ0) is 14.0. The lowest BCUT2D eigenvalue weighted by molar-refractivity contribution is -0.137. The van der Waals surface area contributed by atoms with Gasteiger partial charge < -0.3 is 15.3 Å². The van der Waals surface area contributed by atoms with Gasteiger partial charge >= 0.3 is 12.0 Å². The maximum Gasteiger partial charge on any atom is 0.323 e. The molecule has 1 aliphatic carbocycles.